The highest BCUT2D eigenvalue weighted by Gasteiger charge is 2.24. The van der Waals surface area contributed by atoms with Crippen molar-refractivity contribution in [2.24, 2.45) is 0 Å². The fourth-order valence-corrected chi connectivity index (χ4v) is 9.59. The van der Waals surface area contributed by atoms with E-state index in [1.54, 1.807) is 0 Å². The van der Waals surface area contributed by atoms with Crippen molar-refractivity contribution in [3.8, 4) is 50.2 Å². The van der Waals surface area contributed by atoms with Crippen molar-refractivity contribution >= 4 is 49.6 Å². The Morgan fingerprint density at radius 2 is 0.922 bits per heavy atom. The zero-order valence-electron chi connectivity index (χ0n) is 36.4. The van der Waals surface area contributed by atoms with E-state index in [9.17, 15) is 0 Å². The van der Waals surface area contributed by atoms with Gasteiger partial charge in [-0.25, -0.2) is 0 Å². The molecule has 0 bridgehead atoms. The first kappa shape index (κ1) is 38.9. The third-order valence-corrected chi connectivity index (χ3v) is 12.8. The summed E-state index contributed by atoms with van der Waals surface area (Å²) in [6.07, 6.45) is 0. The molecule has 0 amide bonds. The molecule has 10 aromatic carbocycles. The third-order valence-electron chi connectivity index (χ3n) is 12.8. The van der Waals surface area contributed by atoms with Crippen LogP contribution in [0.3, 0.4) is 0 Å². The van der Waals surface area contributed by atoms with Crippen molar-refractivity contribution in [1.82, 2.24) is 4.57 Å². The van der Waals surface area contributed by atoms with Gasteiger partial charge in [-0.2, -0.15) is 0 Å². The normalized spacial score (nSPS) is 11.7. The van der Waals surface area contributed by atoms with Crippen LogP contribution in [0, 0.1) is 0 Å². The maximum Gasteiger partial charge on any atom is 0.0541 e. The highest BCUT2D eigenvalue weighted by atomic mass is 15.1. The molecule has 0 radical (unpaired) electrons. The van der Waals surface area contributed by atoms with Crippen LogP contribution in [0.5, 0.6) is 0 Å². The number of nitrogens with zero attached hydrogens (tertiary/aromatic N) is 2. The maximum absolute atomic E-state index is 2.48. The average Bonchev–Trinajstić information content (AvgIpc) is 3.68. The number of fused-ring (bicyclic) bond motifs is 4. The largest absolute Gasteiger partial charge is 0.309 e. The number of para-hydroxylation sites is 3. The summed E-state index contributed by atoms with van der Waals surface area (Å²) >= 11 is 0. The Hall–Kier alpha value is -7.94. The molecule has 1 heterocycles. The van der Waals surface area contributed by atoms with Gasteiger partial charge in [0.05, 0.1) is 22.4 Å². The number of hydrogen-bond donors (Lipinski definition) is 0. The Labute approximate surface area is 376 Å². The van der Waals surface area contributed by atoms with Crippen molar-refractivity contribution < 1.29 is 0 Å². The lowest BCUT2D eigenvalue weighted by Gasteiger charge is -2.31. The second kappa shape index (κ2) is 16.1. The van der Waals surface area contributed by atoms with E-state index < -0.39 is 0 Å². The highest BCUT2D eigenvalue weighted by Crippen LogP contribution is 2.48. The molecule has 0 unspecified atom stereocenters. The summed E-state index contributed by atoms with van der Waals surface area (Å²) < 4.78 is 2.38. The van der Waals surface area contributed by atoms with Crippen LogP contribution in [0.4, 0.5) is 17.1 Å². The van der Waals surface area contributed by atoms with Gasteiger partial charge in [-0.05, 0) is 116 Å². The van der Waals surface area contributed by atoms with Gasteiger partial charge in [0.15, 0.2) is 0 Å². The zero-order valence-corrected chi connectivity index (χ0v) is 36.4. The van der Waals surface area contributed by atoms with Crippen molar-refractivity contribution in [2.75, 3.05) is 4.90 Å². The van der Waals surface area contributed by atoms with E-state index in [1.807, 2.05) is 0 Å². The van der Waals surface area contributed by atoms with E-state index in [0.717, 1.165) is 22.7 Å². The molecule has 0 fully saturated rings. The van der Waals surface area contributed by atoms with Crippen LogP contribution in [0.25, 0.3) is 82.8 Å². The Morgan fingerprint density at radius 3 is 1.64 bits per heavy atom. The van der Waals surface area contributed by atoms with Crippen LogP contribution >= 0.6 is 0 Å². The molecule has 11 rings (SSSR count). The van der Waals surface area contributed by atoms with Crippen molar-refractivity contribution in [3.05, 3.63) is 242 Å². The minimum atomic E-state index is -0.0300. The lowest BCUT2D eigenvalue weighted by atomic mass is 9.84. The van der Waals surface area contributed by atoms with Crippen LogP contribution in [0.2, 0.25) is 0 Å². The fourth-order valence-electron chi connectivity index (χ4n) is 9.59. The molecule has 64 heavy (non-hydrogen) atoms. The predicted octanol–water partition coefficient (Wildman–Crippen LogP) is 17.4. The first-order valence-electron chi connectivity index (χ1n) is 22.3. The summed E-state index contributed by atoms with van der Waals surface area (Å²) in [5, 5.41) is 4.95. The summed E-state index contributed by atoms with van der Waals surface area (Å²) in [4.78, 5) is 2.48. The second-order valence-electron chi connectivity index (χ2n) is 17.7. The summed E-state index contributed by atoms with van der Waals surface area (Å²) in [6.45, 7) is 6.89. The quantitative estimate of drug-likeness (QED) is 0.148. The molecular formula is C62H48N2. The molecular weight excluding hydrogens is 773 g/mol. The van der Waals surface area contributed by atoms with Gasteiger partial charge >= 0.3 is 0 Å². The topological polar surface area (TPSA) is 8.17 Å². The standard InChI is InChI=1S/C62H48N2/c1-62(2,3)48-36-40-59(55(42-48)45-21-9-5-10-22-45)64(57-31-15-13-27-52(57)54-30-18-24-46-23-17-29-51(61(46)54)44-19-7-4-8-20-44)50-37-33-43(34-38-50)47-35-39-60-56(41-47)53-28-14-16-32-58(53)63(60)49-25-11-6-12-26-49/h4-42H,1-3H3. The van der Waals surface area contributed by atoms with Gasteiger partial charge < -0.3 is 9.47 Å². The first-order valence-corrected chi connectivity index (χ1v) is 22.3. The van der Waals surface area contributed by atoms with Crippen LogP contribution in [0.1, 0.15) is 26.3 Å². The van der Waals surface area contributed by atoms with Crippen LogP contribution in [0.15, 0.2) is 237 Å². The monoisotopic (exact) mass is 820 g/mol. The van der Waals surface area contributed by atoms with E-state index >= 15 is 0 Å². The van der Waals surface area contributed by atoms with Crippen LogP contribution in [-0.2, 0) is 5.41 Å². The summed E-state index contributed by atoms with van der Waals surface area (Å²) in [5.41, 5.74) is 17.7. The molecule has 1 aromatic heterocycles. The molecule has 0 saturated carbocycles. The Bertz CT molecular complexity index is 3440. The summed E-state index contributed by atoms with van der Waals surface area (Å²) in [6, 6.07) is 86.5. The minimum Gasteiger partial charge on any atom is -0.309 e. The summed E-state index contributed by atoms with van der Waals surface area (Å²) in [7, 11) is 0. The van der Waals surface area contributed by atoms with E-state index in [-0.39, 0.29) is 5.41 Å². The summed E-state index contributed by atoms with van der Waals surface area (Å²) in [5.74, 6) is 0. The number of hydrogen-bond acceptors (Lipinski definition) is 1. The number of aromatic nitrogens is 1. The van der Waals surface area contributed by atoms with E-state index in [2.05, 4.69) is 267 Å². The van der Waals surface area contributed by atoms with E-state index in [4.69, 9.17) is 0 Å². The molecule has 0 spiro atoms. The smallest absolute Gasteiger partial charge is 0.0541 e. The Balaban J connectivity index is 1.11. The molecule has 0 N–H and O–H groups in total. The van der Waals surface area contributed by atoms with Gasteiger partial charge in [0.25, 0.3) is 0 Å². The molecule has 306 valence electrons. The Kier molecular flexibility index (Phi) is 9.78. The van der Waals surface area contributed by atoms with Gasteiger partial charge in [0.2, 0.25) is 0 Å². The average molecular weight is 821 g/mol. The van der Waals surface area contributed by atoms with Gasteiger partial charge in [-0.15, -0.1) is 0 Å². The fraction of sp³-hybridized carbons (Fsp3) is 0.0645. The molecule has 2 heteroatoms. The van der Waals surface area contributed by atoms with Gasteiger partial charge in [0, 0.05) is 33.3 Å². The zero-order chi connectivity index (χ0) is 43.2. The first-order chi connectivity index (χ1) is 31.4. The van der Waals surface area contributed by atoms with Gasteiger partial charge in [0.1, 0.15) is 0 Å². The van der Waals surface area contributed by atoms with Crippen molar-refractivity contribution in [3.63, 3.8) is 0 Å². The minimum absolute atomic E-state index is 0.0300. The molecule has 11 aromatic rings. The molecule has 0 saturated heterocycles. The maximum atomic E-state index is 2.48. The SMILES string of the molecule is CC(C)(C)c1ccc(N(c2ccc(-c3ccc4c(c3)c3ccccc3n4-c3ccccc3)cc2)c2ccccc2-c2cccc3cccc(-c4ccccc4)c23)c(-c2ccccc2)c1. The molecule has 0 aliphatic carbocycles. The van der Waals surface area contributed by atoms with Gasteiger partial charge in [-0.3, -0.25) is 0 Å². The lowest BCUT2D eigenvalue weighted by molar-refractivity contribution is 0.590. The third kappa shape index (κ3) is 6.94. The number of anilines is 3. The number of benzene rings is 10. The van der Waals surface area contributed by atoms with E-state index in [0.29, 0.717) is 0 Å². The van der Waals surface area contributed by atoms with Crippen LogP contribution < -0.4 is 4.90 Å². The number of rotatable bonds is 8. The molecule has 0 aliphatic rings. The van der Waals surface area contributed by atoms with Crippen LogP contribution in [-0.4, -0.2) is 4.57 Å². The van der Waals surface area contributed by atoms with Gasteiger partial charge in [-0.1, -0.05) is 197 Å². The molecule has 2 nitrogen and oxygen atoms in total. The highest BCUT2D eigenvalue weighted by molar-refractivity contribution is 6.11. The molecule has 0 atom stereocenters. The van der Waals surface area contributed by atoms with Crippen molar-refractivity contribution in [1.29, 1.82) is 0 Å². The van der Waals surface area contributed by atoms with Crippen molar-refractivity contribution in [2.45, 2.75) is 26.2 Å². The lowest BCUT2D eigenvalue weighted by Crippen LogP contribution is -2.15. The Morgan fingerprint density at radius 1 is 0.359 bits per heavy atom. The second-order valence-corrected chi connectivity index (χ2v) is 17.7. The predicted molar refractivity (Wildman–Crippen MR) is 273 cm³/mol. The molecule has 0 aliphatic heterocycles. The van der Waals surface area contributed by atoms with E-state index in [1.165, 1.54) is 82.6 Å².